The molecule has 2 saturated heterocycles. The van der Waals surface area contributed by atoms with Gasteiger partial charge in [-0.2, -0.15) is 0 Å². The van der Waals surface area contributed by atoms with E-state index in [0.29, 0.717) is 25.7 Å². The second-order valence-corrected chi connectivity index (χ2v) is 5.74. The van der Waals surface area contributed by atoms with Gasteiger partial charge < -0.3 is 14.3 Å². The lowest BCUT2D eigenvalue weighted by atomic mass is 10.0. The lowest BCUT2D eigenvalue weighted by Gasteiger charge is -2.17. The molecule has 0 spiro atoms. The number of nitrogens with zero attached hydrogens (tertiary/aromatic N) is 2. The molecule has 3 aliphatic heterocycles. The molecule has 5 nitrogen and oxygen atoms in total. The van der Waals surface area contributed by atoms with E-state index in [-0.39, 0.29) is 0 Å². The molecule has 22 heavy (non-hydrogen) atoms. The van der Waals surface area contributed by atoms with Gasteiger partial charge in [-0.15, -0.1) is 0 Å². The third kappa shape index (κ3) is 2.75. The third-order valence-corrected chi connectivity index (χ3v) is 4.22. The Labute approximate surface area is 129 Å². The van der Waals surface area contributed by atoms with Crippen LogP contribution in [0.15, 0.2) is 23.4 Å². The van der Waals surface area contributed by atoms with Crippen molar-refractivity contribution in [3.8, 4) is 23.3 Å². The number of fused-ring (bicyclic) bond motifs is 3. The Balaban J connectivity index is 1.33. The molecule has 114 valence electrons. The maximum Gasteiger partial charge on any atom is 0.177 e. The minimum atomic E-state index is 0.310. The van der Waals surface area contributed by atoms with Gasteiger partial charge in [0.1, 0.15) is 13.2 Å². The maximum atomic E-state index is 5.54. The Bertz CT molecular complexity index is 660. The Morgan fingerprint density at radius 2 is 2.18 bits per heavy atom. The van der Waals surface area contributed by atoms with Crippen LogP contribution in [0.2, 0.25) is 0 Å². The molecule has 0 N–H and O–H groups in total. The van der Waals surface area contributed by atoms with E-state index in [2.05, 4.69) is 21.9 Å². The van der Waals surface area contributed by atoms with E-state index in [1.807, 2.05) is 18.2 Å². The first-order valence-electron chi connectivity index (χ1n) is 7.68. The first-order chi connectivity index (χ1) is 10.9. The molecule has 2 atom stereocenters. The largest absolute Gasteiger partial charge is 0.486 e. The van der Waals surface area contributed by atoms with Crippen molar-refractivity contribution in [2.75, 3.05) is 39.5 Å². The molecule has 2 fully saturated rings. The highest BCUT2D eigenvalue weighted by molar-refractivity contribution is 5.91. The molecule has 4 rings (SSSR count). The van der Waals surface area contributed by atoms with E-state index in [1.54, 1.807) is 0 Å². The Morgan fingerprint density at radius 3 is 3.00 bits per heavy atom. The molecule has 2 unspecified atom stereocenters. The Kier molecular flexibility index (Phi) is 3.61. The number of hydrogen-bond acceptors (Lipinski definition) is 5. The SMILES string of the molecule is C(#Cc1ccc2c(c1)OCCO2)CO/N=C1\CN2CCC1C2. The Hall–Kier alpha value is -2.19. The fraction of sp³-hybridized carbons (Fsp3) is 0.471. The average Bonchev–Trinajstić information content (AvgIpc) is 3.17. The van der Waals surface area contributed by atoms with Gasteiger partial charge in [0, 0.05) is 24.6 Å². The second kappa shape index (κ2) is 5.90. The average molecular weight is 298 g/mol. The van der Waals surface area contributed by atoms with Gasteiger partial charge in [0.05, 0.1) is 5.71 Å². The lowest BCUT2D eigenvalue weighted by molar-refractivity contribution is 0.171. The summed E-state index contributed by atoms with van der Waals surface area (Å²) < 4.78 is 11.0. The summed E-state index contributed by atoms with van der Waals surface area (Å²) in [6, 6.07) is 5.72. The smallest absolute Gasteiger partial charge is 0.177 e. The molecule has 3 heterocycles. The number of oxime groups is 1. The predicted octanol–water partition coefficient (Wildman–Crippen LogP) is 1.52. The van der Waals surface area contributed by atoms with E-state index in [0.717, 1.165) is 30.2 Å². The minimum Gasteiger partial charge on any atom is -0.486 e. The molecule has 0 amide bonds. The first-order valence-corrected chi connectivity index (χ1v) is 7.68. The monoisotopic (exact) mass is 298 g/mol. The van der Waals surface area contributed by atoms with E-state index < -0.39 is 0 Å². The zero-order chi connectivity index (χ0) is 14.8. The third-order valence-electron chi connectivity index (χ3n) is 4.22. The molecule has 3 aliphatic rings. The summed E-state index contributed by atoms with van der Waals surface area (Å²) >= 11 is 0. The van der Waals surface area contributed by atoms with Crippen LogP contribution in [0.3, 0.4) is 0 Å². The number of hydrogen-bond donors (Lipinski definition) is 0. The fourth-order valence-electron chi connectivity index (χ4n) is 3.12. The summed E-state index contributed by atoms with van der Waals surface area (Å²) in [4.78, 5) is 7.75. The van der Waals surface area contributed by atoms with Crippen LogP contribution in [0.25, 0.3) is 0 Å². The molecule has 0 saturated carbocycles. The van der Waals surface area contributed by atoms with E-state index in [1.165, 1.54) is 18.7 Å². The molecule has 1 aromatic rings. The Morgan fingerprint density at radius 1 is 1.27 bits per heavy atom. The second-order valence-electron chi connectivity index (χ2n) is 5.74. The van der Waals surface area contributed by atoms with Crippen molar-refractivity contribution >= 4 is 5.71 Å². The van der Waals surface area contributed by atoms with Gasteiger partial charge in [0.25, 0.3) is 0 Å². The quantitative estimate of drug-likeness (QED) is 0.472. The van der Waals surface area contributed by atoms with Crippen LogP contribution in [-0.4, -0.2) is 50.1 Å². The molecule has 2 bridgehead atoms. The van der Waals surface area contributed by atoms with Crippen molar-refractivity contribution in [2.45, 2.75) is 6.42 Å². The van der Waals surface area contributed by atoms with Crippen molar-refractivity contribution < 1.29 is 14.3 Å². The first kappa shape index (κ1) is 13.5. The lowest BCUT2D eigenvalue weighted by Crippen LogP contribution is -2.23. The topological polar surface area (TPSA) is 43.3 Å². The molecule has 1 aromatic carbocycles. The highest BCUT2D eigenvalue weighted by Crippen LogP contribution is 2.30. The summed E-state index contributed by atoms with van der Waals surface area (Å²) in [6.07, 6.45) is 1.21. The molecular weight excluding hydrogens is 280 g/mol. The van der Waals surface area contributed by atoms with Crippen molar-refractivity contribution in [2.24, 2.45) is 11.1 Å². The molecule has 0 aliphatic carbocycles. The normalized spacial score (nSPS) is 26.6. The van der Waals surface area contributed by atoms with Gasteiger partial charge in [0.15, 0.2) is 18.1 Å². The van der Waals surface area contributed by atoms with Crippen LogP contribution in [0.4, 0.5) is 0 Å². The minimum absolute atomic E-state index is 0.310. The van der Waals surface area contributed by atoms with E-state index in [4.69, 9.17) is 14.3 Å². The zero-order valence-electron chi connectivity index (χ0n) is 12.4. The summed E-state index contributed by atoms with van der Waals surface area (Å²) in [5.74, 6) is 8.20. The van der Waals surface area contributed by atoms with Gasteiger partial charge >= 0.3 is 0 Å². The number of ether oxygens (including phenoxy) is 2. The highest BCUT2D eigenvalue weighted by atomic mass is 16.6. The van der Waals surface area contributed by atoms with Crippen LogP contribution < -0.4 is 9.47 Å². The van der Waals surface area contributed by atoms with Gasteiger partial charge in [-0.25, -0.2) is 0 Å². The molecular formula is C17H18N2O3. The van der Waals surface area contributed by atoms with Crippen molar-refractivity contribution in [1.82, 2.24) is 4.90 Å². The number of rotatable bonds is 2. The maximum absolute atomic E-state index is 5.54. The highest BCUT2D eigenvalue weighted by Gasteiger charge is 2.35. The van der Waals surface area contributed by atoms with Gasteiger partial charge in [-0.05, 0) is 31.2 Å². The molecule has 0 radical (unpaired) electrons. The summed E-state index contributed by atoms with van der Waals surface area (Å²) in [5.41, 5.74) is 2.07. The predicted molar refractivity (Wildman–Crippen MR) is 82.2 cm³/mol. The van der Waals surface area contributed by atoms with Crippen molar-refractivity contribution in [1.29, 1.82) is 0 Å². The number of piperidine rings is 1. The zero-order valence-corrected chi connectivity index (χ0v) is 12.4. The van der Waals surface area contributed by atoms with Crippen LogP contribution in [0.5, 0.6) is 11.5 Å². The summed E-state index contributed by atoms with van der Waals surface area (Å²) in [6.45, 7) is 4.80. The van der Waals surface area contributed by atoms with Crippen molar-refractivity contribution in [3.05, 3.63) is 23.8 Å². The van der Waals surface area contributed by atoms with Crippen LogP contribution in [0.1, 0.15) is 12.0 Å². The van der Waals surface area contributed by atoms with Crippen LogP contribution in [-0.2, 0) is 4.84 Å². The van der Waals surface area contributed by atoms with Gasteiger partial charge in [-0.1, -0.05) is 17.0 Å². The van der Waals surface area contributed by atoms with E-state index in [9.17, 15) is 0 Å². The number of benzene rings is 1. The van der Waals surface area contributed by atoms with Crippen LogP contribution >= 0.6 is 0 Å². The summed E-state index contributed by atoms with van der Waals surface area (Å²) in [7, 11) is 0. The van der Waals surface area contributed by atoms with Crippen molar-refractivity contribution in [3.63, 3.8) is 0 Å². The fourth-order valence-corrected chi connectivity index (χ4v) is 3.12. The standard InChI is InChI=1S/C17H18N2O3/c1(7-22-18-15-12-19-6-5-14(15)11-19)2-13-3-4-16-17(10-13)21-9-8-20-16/h3-4,10,14H,5-9,11-12H2/b18-15+. The molecule has 5 heteroatoms. The summed E-state index contributed by atoms with van der Waals surface area (Å²) in [5, 5.41) is 4.24. The van der Waals surface area contributed by atoms with Gasteiger partial charge in [-0.3, -0.25) is 4.90 Å². The molecule has 0 aromatic heterocycles. The van der Waals surface area contributed by atoms with Crippen LogP contribution in [0, 0.1) is 17.8 Å². The van der Waals surface area contributed by atoms with Gasteiger partial charge in [0.2, 0.25) is 0 Å². The van der Waals surface area contributed by atoms with E-state index >= 15 is 0 Å².